The lowest BCUT2D eigenvalue weighted by atomic mass is 10.1. The van der Waals surface area contributed by atoms with Crippen LogP contribution in [0.25, 0.3) is 10.4 Å². The van der Waals surface area contributed by atoms with Gasteiger partial charge in [-0.05, 0) is 17.7 Å². The number of benzene rings is 2. The van der Waals surface area contributed by atoms with Crippen LogP contribution < -0.4 is 5.32 Å². The quantitative estimate of drug-likeness (QED) is 0.378. The molecule has 0 aliphatic heterocycles. The molecule has 1 aromatic heterocycles. The number of halogens is 1. The van der Waals surface area contributed by atoms with Crippen molar-refractivity contribution in [1.29, 1.82) is 0 Å². The highest BCUT2D eigenvalue weighted by atomic mass is 35.5. The maximum Gasteiger partial charge on any atom is 0.270 e. The third-order valence-corrected chi connectivity index (χ3v) is 5.01. The Morgan fingerprint density at radius 3 is 2.50 bits per heavy atom. The first-order valence-electron chi connectivity index (χ1n) is 7.39. The fourth-order valence-corrected chi connectivity index (χ4v) is 3.60. The maximum absolute atomic E-state index is 12.5. The molecule has 0 radical (unpaired) electrons. The molecule has 0 bridgehead atoms. The van der Waals surface area contributed by atoms with Gasteiger partial charge in [-0.15, -0.1) is 11.3 Å². The fraction of sp³-hybridized carbons (Fsp3) is 0. The molecule has 0 aliphatic rings. The van der Waals surface area contributed by atoms with Gasteiger partial charge in [-0.25, -0.2) is 0 Å². The molecule has 0 aliphatic carbocycles. The van der Waals surface area contributed by atoms with Crippen LogP contribution in [0.3, 0.4) is 0 Å². The third kappa shape index (κ3) is 3.63. The average molecular weight is 387 g/mol. The summed E-state index contributed by atoms with van der Waals surface area (Å²) in [5.41, 5.74) is 1.15. The van der Waals surface area contributed by atoms with E-state index in [0.717, 1.165) is 16.5 Å². The van der Waals surface area contributed by atoms with Crippen LogP contribution in [0.4, 0.5) is 10.7 Å². The number of nitro benzene ring substituents is 1. The van der Waals surface area contributed by atoms with Crippen molar-refractivity contribution in [3.8, 4) is 10.4 Å². The van der Waals surface area contributed by atoms with Crippen LogP contribution >= 0.6 is 22.9 Å². The Hall–Kier alpha value is -3.03. The van der Waals surface area contributed by atoms with Gasteiger partial charge < -0.3 is 5.32 Å². The van der Waals surface area contributed by atoms with Crippen molar-refractivity contribution < 1.29 is 14.5 Å². The molecule has 3 aromatic rings. The first-order valence-corrected chi connectivity index (χ1v) is 8.59. The van der Waals surface area contributed by atoms with E-state index in [1.807, 2.05) is 30.3 Å². The molecule has 0 spiro atoms. The normalized spacial score (nSPS) is 10.3. The summed E-state index contributed by atoms with van der Waals surface area (Å²) in [7, 11) is 0. The lowest BCUT2D eigenvalue weighted by Crippen LogP contribution is -2.12. The summed E-state index contributed by atoms with van der Waals surface area (Å²) >= 11 is 7.24. The van der Waals surface area contributed by atoms with E-state index >= 15 is 0 Å². The molecule has 130 valence electrons. The standard InChI is InChI=1S/C18H11ClN2O4S/c19-15-9-13(21(24)25)6-7-14(15)17(23)20-18-12(10-22)8-16(26-18)11-4-2-1-3-5-11/h1-10H,(H,20,23). The van der Waals surface area contributed by atoms with Crippen LogP contribution in [0.2, 0.25) is 5.02 Å². The van der Waals surface area contributed by atoms with Crippen LogP contribution in [-0.4, -0.2) is 17.1 Å². The predicted octanol–water partition coefficient (Wildman–Crippen LogP) is 5.04. The van der Waals surface area contributed by atoms with Crippen molar-refractivity contribution in [1.82, 2.24) is 0 Å². The lowest BCUT2D eigenvalue weighted by Gasteiger charge is -2.05. The number of nitrogens with zero attached hydrogens (tertiary/aromatic N) is 1. The van der Waals surface area contributed by atoms with Gasteiger partial charge in [0.2, 0.25) is 0 Å². The number of thiophene rings is 1. The summed E-state index contributed by atoms with van der Waals surface area (Å²) in [6.45, 7) is 0. The number of hydrogen-bond donors (Lipinski definition) is 1. The largest absolute Gasteiger partial charge is 0.313 e. The van der Waals surface area contributed by atoms with Gasteiger partial charge in [0.25, 0.3) is 11.6 Å². The SMILES string of the molecule is O=Cc1cc(-c2ccccc2)sc1NC(=O)c1ccc([N+](=O)[O-])cc1Cl. The summed E-state index contributed by atoms with van der Waals surface area (Å²) in [4.78, 5) is 34.8. The van der Waals surface area contributed by atoms with E-state index < -0.39 is 10.8 Å². The van der Waals surface area contributed by atoms with E-state index in [-0.39, 0.29) is 16.3 Å². The van der Waals surface area contributed by atoms with Crippen LogP contribution in [0.15, 0.2) is 54.6 Å². The molecular formula is C18H11ClN2O4S. The number of rotatable bonds is 5. The Bertz CT molecular complexity index is 1000. The highest BCUT2D eigenvalue weighted by Crippen LogP contribution is 2.35. The van der Waals surface area contributed by atoms with Gasteiger partial charge >= 0.3 is 0 Å². The van der Waals surface area contributed by atoms with Crippen molar-refractivity contribution >= 4 is 45.8 Å². The van der Waals surface area contributed by atoms with E-state index in [1.165, 1.54) is 23.5 Å². The van der Waals surface area contributed by atoms with Gasteiger partial charge in [-0.2, -0.15) is 0 Å². The van der Waals surface area contributed by atoms with Gasteiger partial charge in [0, 0.05) is 22.6 Å². The number of nitrogens with one attached hydrogen (secondary N) is 1. The Morgan fingerprint density at radius 2 is 1.88 bits per heavy atom. The van der Waals surface area contributed by atoms with Crippen molar-refractivity contribution in [2.75, 3.05) is 5.32 Å². The summed E-state index contributed by atoms with van der Waals surface area (Å²) in [5.74, 6) is -0.547. The monoisotopic (exact) mass is 386 g/mol. The minimum Gasteiger partial charge on any atom is -0.313 e. The molecule has 3 rings (SSSR count). The smallest absolute Gasteiger partial charge is 0.270 e. The van der Waals surface area contributed by atoms with Crippen molar-refractivity contribution in [2.24, 2.45) is 0 Å². The zero-order chi connectivity index (χ0) is 18.7. The summed E-state index contributed by atoms with van der Waals surface area (Å²) in [6.07, 6.45) is 0.663. The van der Waals surface area contributed by atoms with Crippen molar-refractivity contribution in [3.63, 3.8) is 0 Å². The number of non-ortho nitro benzene ring substituents is 1. The third-order valence-electron chi connectivity index (χ3n) is 3.58. The molecule has 2 aromatic carbocycles. The number of nitro groups is 1. The first-order chi connectivity index (χ1) is 12.5. The summed E-state index contributed by atoms with van der Waals surface area (Å²) in [6, 6.07) is 14.7. The number of aldehydes is 1. The number of anilines is 1. The Balaban J connectivity index is 1.89. The van der Waals surface area contributed by atoms with E-state index in [2.05, 4.69) is 5.32 Å². The van der Waals surface area contributed by atoms with Crippen LogP contribution in [0, 0.1) is 10.1 Å². The van der Waals surface area contributed by atoms with Gasteiger partial charge in [0.15, 0.2) is 6.29 Å². The number of amides is 1. The summed E-state index contributed by atoms with van der Waals surface area (Å²) in [5, 5.41) is 13.8. The van der Waals surface area contributed by atoms with Gasteiger partial charge in [0.1, 0.15) is 5.00 Å². The molecule has 6 nitrogen and oxygen atoms in total. The molecule has 1 amide bonds. The second-order valence-electron chi connectivity index (χ2n) is 5.25. The van der Waals surface area contributed by atoms with E-state index in [4.69, 9.17) is 11.6 Å². The molecule has 26 heavy (non-hydrogen) atoms. The maximum atomic E-state index is 12.5. The zero-order valence-electron chi connectivity index (χ0n) is 13.1. The topological polar surface area (TPSA) is 89.3 Å². The van der Waals surface area contributed by atoms with E-state index in [0.29, 0.717) is 16.9 Å². The molecular weight excluding hydrogens is 376 g/mol. The second-order valence-corrected chi connectivity index (χ2v) is 6.71. The average Bonchev–Trinajstić information content (AvgIpc) is 3.05. The number of carbonyl (C=O) groups excluding carboxylic acids is 2. The van der Waals surface area contributed by atoms with E-state index in [9.17, 15) is 19.7 Å². The van der Waals surface area contributed by atoms with Gasteiger partial charge in [-0.1, -0.05) is 41.9 Å². The molecule has 0 fully saturated rings. The summed E-state index contributed by atoms with van der Waals surface area (Å²) < 4.78 is 0. The Morgan fingerprint density at radius 1 is 1.15 bits per heavy atom. The van der Waals surface area contributed by atoms with Gasteiger partial charge in [0.05, 0.1) is 15.5 Å². The molecule has 0 saturated heterocycles. The van der Waals surface area contributed by atoms with Crippen LogP contribution in [0.5, 0.6) is 0 Å². The minimum atomic E-state index is -0.594. The van der Waals surface area contributed by atoms with Gasteiger partial charge in [-0.3, -0.25) is 19.7 Å². The molecule has 1 heterocycles. The predicted molar refractivity (Wildman–Crippen MR) is 101 cm³/mol. The molecule has 1 N–H and O–H groups in total. The zero-order valence-corrected chi connectivity index (χ0v) is 14.7. The van der Waals surface area contributed by atoms with Crippen LogP contribution in [0.1, 0.15) is 20.7 Å². The van der Waals surface area contributed by atoms with Crippen LogP contribution in [-0.2, 0) is 0 Å². The molecule has 0 saturated carbocycles. The number of carbonyl (C=O) groups is 2. The molecule has 0 unspecified atom stereocenters. The van der Waals surface area contributed by atoms with Crippen molar-refractivity contribution in [2.45, 2.75) is 0 Å². The highest BCUT2D eigenvalue weighted by Gasteiger charge is 2.18. The molecule has 0 atom stereocenters. The second kappa shape index (κ2) is 7.47. The molecule has 8 heteroatoms. The Kier molecular flexibility index (Phi) is 5.11. The van der Waals surface area contributed by atoms with E-state index in [1.54, 1.807) is 6.07 Å². The highest BCUT2D eigenvalue weighted by molar-refractivity contribution is 7.20. The lowest BCUT2D eigenvalue weighted by molar-refractivity contribution is -0.384. The Labute approximate surface area is 157 Å². The number of hydrogen-bond acceptors (Lipinski definition) is 5. The van der Waals surface area contributed by atoms with Crippen molar-refractivity contribution in [3.05, 3.63) is 80.9 Å². The first kappa shape index (κ1) is 17.8. The minimum absolute atomic E-state index is 0.0378. The fourth-order valence-electron chi connectivity index (χ4n) is 2.31.